The van der Waals surface area contributed by atoms with Crippen molar-refractivity contribution in [3.8, 4) is 0 Å². The highest BCUT2D eigenvalue weighted by Gasteiger charge is 2.35. The van der Waals surface area contributed by atoms with Gasteiger partial charge >= 0.3 is 0 Å². The second-order valence-corrected chi connectivity index (χ2v) is 4.03. The molecule has 1 fully saturated rings. The Kier molecular flexibility index (Phi) is 5.40. The molecule has 3 unspecified atom stereocenters. The monoisotopic (exact) mass is 201 g/mol. The molecule has 1 aliphatic heterocycles. The van der Waals surface area contributed by atoms with Gasteiger partial charge in [0.25, 0.3) is 0 Å². The van der Waals surface area contributed by atoms with Crippen molar-refractivity contribution in [2.45, 2.75) is 25.4 Å². The van der Waals surface area contributed by atoms with Gasteiger partial charge in [-0.2, -0.15) is 0 Å². The van der Waals surface area contributed by atoms with Gasteiger partial charge in [0.1, 0.15) is 0 Å². The molecule has 0 bridgehead atoms. The van der Waals surface area contributed by atoms with Crippen molar-refractivity contribution in [3.05, 3.63) is 0 Å². The van der Waals surface area contributed by atoms with Gasteiger partial charge in [-0.1, -0.05) is 0 Å². The van der Waals surface area contributed by atoms with Crippen LogP contribution in [-0.2, 0) is 4.74 Å². The topological polar surface area (TPSA) is 87.3 Å². The molecule has 3 atom stereocenters. The van der Waals surface area contributed by atoms with Crippen molar-refractivity contribution in [3.63, 3.8) is 0 Å². The Bertz CT molecular complexity index is 140. The molecule has 0 aromatic carbocycles. The highest BCUT2D eigenvalue weighted by molar-refractivity contribution is 4.84. The standard InChI is InChI=1S/C10H23N3O/c11-4-1-8-7-14-10(3-6-13)9(8)2-5-12/h8-10H,1-7,11-13H2. The SMILES string of the molecule is NCCC1COC(CCN)C1CCN. The van der Waals surface area contributed by atoms with Crippen LogP contribution in [0.4, 0.5) is 0 Å². The first kappa shape index (κ1) is 11.9. The average Bonchev–Trinajstić information content (AvgIpc) is 2.52. The molecule has 84 valence electrons. The van der Waals surface area contributed by atoms with E-state index in [4.69, 9.17) is 21.9 Å². The molecule has 0 spiro atoms. The van der Waals surface area contributed by atoms with Crippen molar-refractivity contribution in [1.82, 2.24) is 0 Å². The summed E-state index contributed by atoms with van der Waals surface area (Å²) in [4.78, 5) is 0. The molecule has 6 N–H and O–H groups in total. The quantitative estimate of drug-likeness (QED) is 0.549. The van der Waals surface area contributed by atoms with Crippen LogP contribution < -0.4 is 17.2 Å². The molecular formula is C10H23N3O. The molecule has 1 heterocycles. The number of nitrogens with two attached hydrogens (primary N) is 3. The van der Waals surface area contributed by atoms with Crippen molar-refractivity contribution < 1.29 is 4.74 Å². The van der Waals surface area contributed by atoms with Gasteiger partial charge in [0.05, 0.1) is 12.7 Å². The number of hydrogen-bond acceptors (Lipinski definition) is 4. The summed E-state index contributed by atoms with van der Waals surface area (Å²) in [5.41, 5.74) is 16.7. The molecular weight excluding hydrogens is 178 g/mol. The Morgan fingerprint density at radius 2 is 1.57 bits per heavy atom. The predicted octanol–water partition coefficient (Wildman–Crippen LogP) is -0.336. The Hall–Kier alpha value is -0.160. The van der Waals surface area contributed by atoms with E-state index >= 15 is 0 Å². The van der Waals surface area contributed by atoms with Gasteiger partial charge in [-0.25, -0.2) is 0 Å². The zero-order valence-electron chi connectivity index (χ0n) is 8.82. The van der Waals surface area contributed by atoms with Crippen LogP contribution in [0.15, 0.2) is 0 Å². The first-order chi connectivity index (χ1) is 6.83. The number of hydrogen-bond donors (Lipinski definition) is 3. The highest BCUT2D eigenvalue weighted by Crippen LogP contribution is 2.33. The van der Waals surface area contributed by atoms with Crippen molar-refractivity contribution in [1.29, 1.82) is 0 Å². The third-order valence-electron chi connectivity index (χ3n) is 3.10. The fourth-order valence-corrected chi connectivity index (χ4v) is 2.39. The normalized spacial score (nSPS) is 32.4. The number of rotatable bonds is 6. The summed E-state index contributed by atoms with van der Waals surface area (Å²) in [5.74, 6) is 1.17. The van der Waals surface area contributed by atoms with Crippen LogP contribution in [-0.4, -0.2) is 32.3 Å². The van der Waals surface area contributed by atoms with Gasteiger partial charge in [-0.15, -0.1) is 0 Å². The second-order valence-electron chi connectivity index (χ2n) is 4.03. The lowest BCUT2D eigenvalue weighted by Crippen LogP contribution is -2.26. The molecule has 0 aliphatic carbocycles. The lowest BCUT2D eigenvalue weighted by Gasteiger charge is -2.21. The van der Waals surface area contributed by atoms with Crippen LogP contribution >= 0.6 is 0 Å². The van der Waals surface area contributed by atoms with Crippen LogP contribution in [0.5, 0.6) is 0 Å². The van der Waals surface area contributed by atoms with Gasteiger partial charge in [0, 0.05) is 0 Å². The summed E-state index contributed by atoms with van der Waals surface area (Å²) < 4.78 is 5.73. The molecule has 0 radical (unpaired) electrons. The van der Waals surface area contributed by atoms with Crippen molar-refractivity contribution >= 4 is 0 Å². The van der Waals surface area contributed by atoms with Crippen molar-refractivity contribution in [2.24, 2.45) is 29.0 Å². The second kappa shape index (κ2) is 6.35. The van der Waals surface area contributed by atoms with E-state index in [0.717, 1.165) is 39.0 Å². The van der Waals surface area contributed by atoms with Crippen LogP contribution in [0.3, 0.4) is 0 Å². The van der Waals surface area contributed by atoms with Gasteiger partial charge in [0.15, 0.2) is 0 Å². The van der Waals surface area contributed by atoms with E-state index in [1.54, 1.807) is 0 Å². The smallest absolute Gasteiger partial charge is 0.0619 e. The Morgan fingerprint density at radius 3 is 2.14 bits per heavy atom. The first-order valence-corrected chi connectivity index (χ1v) is 5.55. The fraction of sp³-hybridized carbons (Fsp3) is 1.00. The largest absolute Gasteiger partial charge is 0.378 e. The van der Waals surface area contributed by atoms with E-state index < -0.39 is 0 Å². The van der Waals surface area contributed by atoms with Gasteiger partial charge in [-0.3, -0.25) is 0 Å². The summed E-state index contributed by atoms with van der Waals surface area (Å²) in [5, 5.41) is 0. The minimum Gasteiger partial charge on any atom is -0.378 e. The molecule has 0 aromatic heterocycles. The molecule has 1 saturated heterocycles. The highest BCUT2D eigenvalue weighted by atomic mass is 16.5. The molecule has 1 rings (SSSR count). The first-order valence-electron chi connectivity index (χ1n) is 5.55. The van der Waals surface area contributed by atoms with Crippen LogP contribution in [0.1, 0.15) is 19.3 Å². The van der Waals surface area contributed by atoms with E-state index in [0.29, 0.717) is 24.5 Å². The summed E-state index contributed by atoms with van der Waals surface area (Å²) in [6, 6.07) is 0. The summed E-state index contributed by atoms with van der Waals surface area (Å²) in [6.45, 7) is 3.01. The predicted molar refractivity (Wildman–Crippen MR) is 57.7 cm³/mol. The zero-order chi connectivity index (χ0) is 10.4. The van der Waals surface area contributed by atoms with Crippen LogP contribution in [0, 0.1) is 11.8 Å². The Labute approximate surface area is 86.2 Å². The molecule has 14 heavy (non-hydrogen) atoms. The minimum absolute atomic E-state index is 0.320. The molecule has 0 aromatic rings. The van der Waals surface area contributed by atoms with Gasteiger partial charge in [-0.05, 0) is 50.7 Å². The van der Waals surface area contributed by atoms with E-state index in [-0.39, 0.29) is 0 Å². The lowest BCUT2D eigenvalue weighted by molar-refractivity contribution is 0.0836. The molecule has 0 amide bonds. The van der Waals surface area contributed by atoms with E-state index in [2.05, 4.69) is 0 Å². The van der Waals surface area contributed by atoms with Gasteiger partial charge in [0.2, 0.25) is 0 Å². The Balaban J connectivity index is 2.45. The zero-order valence-corrected chi connectivity index (χ0v) is 8.82. The lowest BCUT2D eigenvalue weighted by atomic mass is 9.84. The number of ether oxygens (including phenoxy) is 1. The third-order valence-corrected chi connectivity index (χ3v) is 3.10. The fourth-order valence-electron chi connectivity index (χ4n) is 2.39. The summed E-state index contributed by atoms with van der Waals surface area (Å²) >= 11 is 0. The van der Waals surface area contributed by atoms with E-state index in [9.17, 15) is 0 Å². The third kappa shape index (κ3) is 2.92. The van der Waals surface area contributed by atoms with E-state index in [1.165, 1.54) is 0 Å². The minimum atomic E-state index is 0.320. The van der Waals surface area contributed by atoms with Crippen LogP contribution in [0.2, 0.25) is 0 Å². The Morgan fingerprint density at radius 1 is 0.929 bits per heavy atom. The maximum atomic E-state index is 5.73. The maximum absolute atomic E-state index is 5.73. The van der Waals surface area contributed by atoms with Crippen molar-refractivity contribution in [2.75, 3.05) is 26.2 Å². The van der Waals surface area contributed by atoms with E-state index in [1.807, 2.05) is 0 Å². The van der Waals surface area contributed by atoms with Crippen LogP contribution in [0.25, 0.3) is 0 Å². The van der Waals surface area contributed by atoms with Gasteiger partial charge < -0.3 is 21.9 Å². The molecule has 1 aliphatic rings. The average molecular weight is 201 g/mol. The summed E-state index contributed by atoms with van der Waals surface area (Å²) in [7, 11) is 0. The maximum Gasteiger partial charge on any atom is 0.0619 e. The molecule has 4 heteroatoms. The molecule has 0 saturated carbocycles. The summed E-state index contributed by atoms with van der Waals surface area (Å²) in [6.07, 6.45) is 3.35. The molecule has 4 nitrogen and oxygen atoms in total.